The number of carbonyl (C=O) groups is 1. The Morgan fingerprint density at radius 1 is 1.05 bits per heavy atom. The normalized spacial score (nSPS) is 30.4. The summed E-state index contributed by atoms with van der Waals surface area (Å²) in [5.41, 5.74) is 11.3. The highest BCUT2D eigenvalue weighted by molar-refractivity contribution is 5.77. The molecule has 2 heteroatoms. The molecule has 108 valence electrons. The number of amides is 1. The number of allylic oxidation sites excluding steroid dienone is 3. The topological polar surface area (TPSA) is 43.1 Å². The molecule has 2 unspecified atom stereocenters. The summed E-state index contributed by atoms with van der Waals surface area (Å²) in [6.07, 6.45) is 10.1. The van der Waals surface area contributed by atoms with Gasteiger partial charge in [-0.05, 0) is 60.6 Å². The molecule has 0 saturated heterocycles. The van der Waals surface area contributed by atoms with Gasteiger partial charge in [0.2, 0.25) is 5.91 Å². The average Bonchev–Trinajstić information content (AvgIpc) is 2.50. The van der Waals surface area contributed by atoms with Crippen molar-refractivity contribution in [2.75, 3.05) is 0 Å². The first kappa shape index (κ1) is 12.9. The molecule has 1 amide bonds. The van der Waals surface area contributed by atoms with Crippen molar-refractivity contribution in [2.45, 2.75) is 32.1 Å². The van der Waals surface area contributed by atoms with Gasteiger partial charge in [0.25, 0.3) is 0 Å². The smallest absolute Gasteiger partial charge is 0.220 e. The third-order valence-corrected chi connectivity index (χ3v) is 5.51. The molecule has 3 aliphatic carbocycles. The van der Waals surface area contributed by atoms with Gasteiger partial charge in [-0.1, -0.05) is 42.0 Å². The van der Waals surface area contributed by atoms with Crippen molar-refractivity contribution < 1.29 is 4.79 Å². The quantitative estimate of drug-likeness (QED) is 0.840. The van der Waals surface area contributed by atoms with Crippen LogP contribution in [0.5, 0.6) is 0 Å². The van der Waals surface area contributed by atoms with Crippen LogP contribution in [0.15, 0.2) is 41.5 Å². The molecule has 1 fully saturated rings. The van der Waals surface area contributed by atoms with Gasteiger partial charge in [0.15, 0.2) is 0 Å². The van der Waals surface area contributed by atoms with Crippen LogP contribution in [0.2, 0.25) is 0 Å². The molecule has 0 heterocycles. The highest BCUT2D eigenvalue weighted by Crippen LogP contribution is 2.45. The predicted molar refractivity (Wildman–Crippen MR) is 84.3 cm³/mol. The summed E-state index contributed by atoms with van der Waals surface area (Å²) in [5, 5.41) is 0. The lowest BCUT2D eigenvalue weighted by Crippen LogP contribution is -2.32. The molecule has 3 atom stereocenters. The van der Waals surface area contributed by atoms with Crippen LogP contribution in [-0.2, 0) is 11.2 Å². The first-order valence-electron chi connectivity index (χ1n) is 8.00. The van der Waals surface area contributed by atoms with Gasteiger partial charge in [-0.2, -0.15) is 0 Å². The molecule has 0 bridgehead atoms. The van der Waals surface area contributed by atoms with E-state index in [2.05, 4.69) is 36.4 Å². The summed E-state index contributed by atoms with van der Waals surface area (Å²) >= 11 is 0. The van der Waals surface area contributed by atoms with E-state index in [1.165, 1.54) is 35.1 Å². The summed E-state index contributed by atoms with van der Waals surface area (Å²) in [6, 6.07) is 8.71. The lowest BCUT2D eigenvalue weighted by molar-refractivity contribution is -0.122. The number of carbonyl (C=O) groups excluding carboxylic acids is 1. The van der Waals surface area contributed by atoms with E-state index in [1.807, 2.05) is 0 Å². The molecule has 0 aliphatic heterocycles. The van der Waals surface area contributed by atoms with Crippen molar-refractivity contribution in [3.63, 3.8) is 0 Å². The van der Waals surface area contributed by atoms with E-state index < -0.39 is 0 Å². The number of hydrogen-bond donors (Lipinski definition) is 1. The van der Waals surface area contributed by atoms with Gasteiger partial charge in [0.05, 0.1) is 0 Å². The minimum Gasteiger partial charge on any atom is -0.369 e. The van der Waals surface area contributed by atoms with Crippen LogP contribution < -0.4 is 5.73 Å². The summed E-state index contributed by atoms with van der Waals surface area (Å²) in [7, 11) is 0. The number of nitrogens with two attached hydrogens (primary N) is 1. The summed E-state index contributed by atoms with van der Waals surface area (Å²) in [6.45, 7) is 0. The van der Waals surface area contributed by atoms with Crippen molar-refractivity contribution in [1.29, 1.82) is 0 Å². The third kappa shape index (κ3) is 2.23. The standard InChI is InChI=1S/C19H21NO/c20-19(21)15-6-5-14-9-17-7-12-3-1-2-4-13(12)8-18(17)11-16(14)10-15/h1-4,8,11,14-15,17H,5-7,9-10H2,(H2,20,21)/t14?,15-,17?/m1/s1. The minimum absolute atomic E-state index is 0.0560. The maximum absolute atomic E-state index is 11.5. The van der Waals surface area contributed by atoms with Gasteiger partial charge in [-0.3, -0.25) is 4.79 Å². The first-order chi connectivity index (χ1) is 10.2. The zero-order valence-electron chi connectivity index (χ0n) is 12.2. The van der Waals surface area contributed by atoms with Crippen LogP contribution >= 0.6 is 0 Å². The second-order valence-electron chi connectivity index (χ2n) is 6.78. The van der Waals surface area contributed by atoms with Crippen molar-refractivity contribution in [3.8, 4) is 0 Å². The fourth-order valence-electron chi connectivity index (χ4n) is 4.31. The molecule has 0 spiro atoms. The number of benzene rings is 1. The van der Waals surface area contributed by atoms with Crippen LogP contribution in [0.4, 0.5) is 0 Å². The molecule has 2 nitrogen and oxygen atoms in total. The lowest BCUT2D eigenvalue weighted by Gasteiger charge is -2.38. The van der Waals surface area contributed by atoms with E-state index in [4.69, 9.17) is 5.73 Å². The van der Waals surface area contributed by atoms with Crippen LogP contribution in [0.3, 0.4) is 0 Å². The van der Waals surface area contributed by atoms with Crippen molar-refractivity contribution in [1.82, 2.24) is 0 Å². The summed E-state index contributed by atoms with van der Waals surface area (Å²) < 4.78 is 0. The van der Waals surface area contributed by atoms with Crippen molar-refractivity contribution >= 4 is 12.0 Å². The molecule has 1 saturated carbocycles. The van der Waals surface area contributed by atoms with Gasteiger partial charge in [0, 0.05) is 5.92 Å². The van der Waals surface area contributed by atoms with Gasteiger partial charge in [-0.25, -0.2) is 0 Å². The number of fused-ring (bicyclic) bond motifs is 3. The first-order valence-corrected chi connectivity index (χ1v) is 8.00. The van der Waals surface area contributed by atoms with Crippen LogP contribution in [0.1, 0.15) is 36.8 Å². The van der Waals surface area contributed by atoms with E-state index >= 15 is 0 Å². The van der Waals surface area contributed by atoms with Crippen molar-refractivity contribution in [2.24, 2.45) is 23.5 Å². The maximum atomic E-state index is 11.5. The number of rotatable bonds is 1. The van der Waals surface area contributed by atoms with Gasteiger partial charge >= 0.3 is 0 Å². The van der Waals surface area contributed by atoms with E-state index in [0.29, 0.717) is 11.8 Å². The Hall–Kier alpha value is -1.83. The Morgan fingerprint density at radius 2 is 1.90 bits per heavy atom. The summed E-state index contributed by atoms with van der Waals surface area (Å²) in [4.78, 5) is 11.5. The Balaban J connectivity index is 1.68. The highest BCUT2D eigenvalue weighted by Gasteiger charge is 2.35. The number of hydrogen-bond acceptors (Lipinski definition) is 1. The van der Waals surface area contributed by atoms with Crippen LogP contribution in [-0.4, -0.2) is 5.91 Å². The van der Waals surface area contributed by atoms with Gasteiger partial charge < -0.3 is 5.73 Å². The van der Waals surface area contributed by atoms with E-state index in [1.54, 1.807) is 0 Å². The zero-order chi connectivity index (χ0) is 14.4. The predicted octanol–water partition coefficient (Wildman–Crippen LogP) is 3.47. The second kappa shape index (κ2) is 4.87. The fraction of sp³-hybridized carbons (Fsp3) is 0.421. The Morgan fingerprint density at radius 3 is 2.76 bits per heavy atom. The Bertz CT molecular complexity index is 655. The second-order valence-corrected chi connectivity index (χ2v) is 6.78. The Labute approximate surface area is 125 Å². The zero-order valence-corrected chi connectivity index (χ0v) is 12.2. The fourth-order valence-corrected chi connectivity index (χ4v) is 4.31. The molecule has 1 aromatic carbocycles. The molecule has 0 radical (unpaired) electrons. The molecule has 2 N–H and O–H groups in total. The molecular weight excluding hydrogens is 258 g/mol. The lowest BCUT2D eigenvalue weighted by atomic mass is 9.66. The van der Waals surface area contributed by atoms with E-state index in [0.717, 1.165) is 19.3 Å². The third-order valence-electron chi connectivity index (χ3n) is 5.51. The van der Waals surface area contributed by atoms with Gasteiger partial charge in [0.1, 0.15) is 0 Å². The molecule has 4 rings (SSSR count). The number of primary amides is 1. The molecule has 1 aromatic rings. The van der Waals surface area contributed by atoms with E-state index in [-0.39, 0.29) is 11.8 Å². The van der Waals surface area contributed by atoms with Crippen LogP contribution in [0.25, 0.3) is 6.08 Å². The minimum atomic E-state index is -0.126. The van der Waals surface area contributed by atoms with Crippen molar-refractivity contribution in [3.05, 3.63) is 52.6 Å². The van der Waals surface area contributed by atoms with E-state index in [9.17, 15) is 4.79 Å². The largest absolute Gasteiger partial charge is 0.369 e. The molecule has 0 aromatic heterocycles. The highest BCUT2D eigenvalue weighted by atomic mass is 16.1. The van der Waals surface area contributed by atoms with Crippen LogP contribution in [0, 0.1) is 17.8 Å². The summed E-state index contributed by atoms with van der Waals surface area (Å²) in [5.74, 6) is 1.27. The molecular formula is C19H21NO. The molecule has 21 heavy (non-hydrogen) atoms. The van der Waals surface area contributed by atoms with Gasteiger partial charge in [-0.15, -0.1) is 0 Å². The maximum Gasteiger partial charge on any atom is 0.220 e. The Kier molecular flexibility index (Phi) is 2.99. The average molecular weight is 279 g/mol. The monoisotopic (exact) mass is 279 g/mol. The SMILES string of the molecule is NC(=O)[C@@H]1CCC2CC3Cc4ccccc4C=C3C=C2C1. The molecule has 3 aliphatic rings.